The van der Waals surface area contributed by atoms with E-state index in [1.807, 2.05) is 56.3 Å². The second-order valence-corrected chi connectivity index (χ2v) is 5.56. The van der Waals surface area contributed by atoms with Crippen LogP contribution in [-0.2, 0) is 9.59 Å². The van der Waals surface area contributed by atoms with Crippen LogP contribution >= 0.6 is 0 Å². The van der Waals surface area contributed by atoms with Crippen molar-refractivity contribution in [2.45, 2.75) is 13.8 Å². The molecule has 0 saturated carbocycles. The molecule has 0 atom stereocenters. The summed E-state index contributed by atoms with van der Waals surface area (Å²) in [5.74, 6) is 0.398. The molecular weight excluding hydrogens is 292 g/mol. The number of rotatable bonds is 7. The summed E-state index contributed by atoms with van der Waals surface area (Å²) in [5, 5.41) is 7.51. The maximum absolute atomic E-state index is 11.8. The molecule has 0 spiro atoms. The molecule has 0 fully saturated rings. The monoisotopic (exact) mass is 314 g/mol. The number of benzene rings is 2. The van der Waals surface area contributed by atoms with E-state index < -0.39 is 0 Å². The SMILES string of the molecule is CC(C)C(=O)NCCNC(=O)COc1cccc2ccccc12. The van der Waals surface area contributed by atoms with E-state index in [2.05, 4.69) is 10.6 Å². The molecule has 0 unspecified atom stereocenters. The molecule has 0 aliphatic heterocycles. The van der Waals surface area contributed by atoms with E-state index in [4.69, 9.17) is 4.74 Å². The third-order valence-electron chi connectivity index (χ3n) is 3.38. The van der Waals surface area contributed by atoms with E-state index in [1.165, 1.54) is 0 Å². The van der Waals surface area contributed by atoms with Gasteiger partial charge < -0.3 is 15.4 Å². The summed E-state index contributed by atoms with van der Waals surface area (Å²) >= 11 is 0. The van der Waals surface area contributed by atoms with E-state index >= 15 is 0 Å². The van der Waals surface area contributed by atoms with Crippen LogP contribution in [0.1, 0.15) is 13.8 Å². The van der Waals surface area contributed by atoms with Gasteiger partial charge in [0.05, 0.1) is 0 Å². The number of carbonyl (C=O) groups is 2. The first-order valence-electron chi connectivity index (χ1n) is 7.73. The summed E-state index contributed by atoms with van der Waals surface area (Å²) in [6, 6.07) is 13.6. The molecule has 2 amide bonds. The Balaban J connectivity index is 1.77. The Bertz CT molecular complexity index is 678. The molecule has 2 aromatic rings. The smallest absolute Gasteiger partial charge is 0.258 e. The van der Waals surface area contributed by atoms with E-state index in [1.54, 1.807) is 0 Å². The third kappa shape index (κ3) is 4.98. The van der Waals surface area contributed by atoms with Crippen molar-refractivity contribution in [3.05, 3.63) is 42.5 Å². The number of nitrogens with one attached hydrogen (secondary N) is 2. The number of hydrogen-bond donors (Lipinski definition) is 2. The predicted molar refractivity (Wildman–Crippen MR) is 90.3 cm³/mol. The Labute approximate surface area is 136 Å². The quantitative estimate of drug-likeness (QED) is 0.769. The molecule has 5 nitrogen and oxygen atoms in total. The molecule has 122 valence electrons. The number of fused-ring (bicyclic) bond motifs is 1. The summed E-state index contributed by atoms with van der Waals surface area (Å²) < 4.78 is 5.60. The first-order chi connectivity index (χ1) is 11.1. The second kappa shape index (κ2) is 8.17. The van der Waals surface area contributed by atoms with E-state index in [-0.39, 0.29) is 24.3 Å². The zero-order valence-corrected chi connectivity index (χ0v) is 13.5. The van der Waals surface area contributed by atoms with Gasteiger partial charge in [-0.3, -0.25) is 9.59 Å². The lowest BCUT2D eigenvalue weighted by Gasteiger charge is -2.11. The van der Waals surface area contributed by atoms with Crippen LogP contribution in [0.4, 0.5) is 0 Å². The lowest BCUT2D eigenvalue weighted by molar-refractivity contribution is -0.125. The van der Waals surface area contributed by atoms with Gasteiger partial charge in [-0.15, -0.1) is 0 Å². The highest BCUT2D eigenvalue weighted by atomic mass is 16.5. The van der Waals surface area contributed by atoms with Crippen LogP contribution in [0.3, 0.4) is 0 Å². The van der Waals surface area contributed by atoms with Crippen molar-refractivity contribution in [1.82, 2.24) is 10.6 Å². The standard InChI is InChI=1S/C18H22N2O3/c1-13(2)18(22)20-11-10-19-17(21)12-23-16-9-5-7-14-6-3-4-8-15(14)16/h3-9,13H,10-12H2,1-2H3,(H,19,21)(H,20,22). The van der Waals surface area contributed by atoms with Gasteiger partial charge in [-0.2, -0.15) is 0 Å². The minimum absolute atomic E-state index is 0.0220. The maximum atomic E-state index is 11.8. The first kappa shape index (κ1) is 16.8. The molecule has 0 aliphatic rings. The Morgan fingerprint density at radius 2 is 1.70 bits per heavy atom. The summed E-state index contributed by atoms with van der Waals surface area (Å²) in [6.07, 6.45) is 0. The van der Waals surface area contributed by atoms with Gasteiger partial charge in [0.25, 0.3) is 5.91 Å². The molecular formula is C18H22N2O3. The van der Waals surface area contributed by atoms with Crippen molar-refractivity contribution in [1.29, 1.82) is 0 Å². The molecule has 23 heavy (non-hydrogen) atoms. The van der Waals surface area contributed by atoms with E-state index in [0.717, 1.165) is 10.8 Å². The highest BCUT2D eigenvalue weighted by Crippen LogP contribution is 2.24. The molecule has 0 radical (unpaired) electrons. The van der Waals surface area contributed by atoms with Crippen LogP contribution in [0.2, 0.25) is 0 Å². The molecule has 0 saturated heterocycles. The van der Waals surface area contributed by atoms with Gasteiger partial charge in [-0.05, 0) is 11.5 Å². The highest BCUT2D eigenvalue weighted by Gasteiger charge is 2.07. The molecule has 0 bridgehead atoms. The Morgan fingerprint density at radius 1 is 1.00 bits per heavy atom. The Kier molecular flexibility index (Phi) is 5.97. The summed E-state index contributed by atoms with van der Waals surface area (Å²) in [4.78, 5) is 23.2. The summed E-state index contributed by atoms with van der Waals surface area (Å²) in [6.45, 7) is 4.40. The molecule has 5 heteroatoms. The summed E-state index contributed by atoms with van der Waals surface area (Å²) in [5.41, 5.74) is 0. The van der Waals surface area contributed by atoms with Crippen LogP contribution in [0, 0.1) is 5.92 Å². The van der Waals surface area contributed by atoms with Gasteiger partial charge in [-0.1, -0.05) is 50.2 Å². The lowest BCUT2D eigenvalue weighted by atomic mass is 10.1. The fourth-order valence-electron chi connectivity index (χ4n) is 2.11. The normalized spacial score (nSPS) is 10.6. The molecule has 0 aromatic heterocycles. The van der Waals surface area contributed by atoms with Gasteiger partial charge in [0.2, 0.25) is 5.91 Å². The Morgan fingerprint density at radius 3 is 2.48 bits per heavy atom. The molecule has 0 heterocycles. The average molecular weight is 314 g/mol. The van der Waals surface area contributed by atoms with Gasteiger partial charge in [0.15, 0.2) is 6.61 Å². The molecule has 2 aromatic carbocycles. The lowest BCUT2D eigenvalue weighted by Crippen LogP contribution is -2.38. The van der Waals surface area contributed by atoms with Crippen molar-refractivity contribution in [3.8, 4) is 5.75 Å². The summed E-state index contributed by atoms with van der Waals surface area (Å²) in [7, 11) is 0. The van der Waals surface area contributed by atoms with Gasteiger partial charge in [0.1, 0.15) is 5.75 Å². The van der Waals surface area contributed by atoms with Crippen LogP contribution in [-0.4, -0.2) is 31.5 Å². The topological polar surface area (TPSA) is 67.4 Å². The van der Waals surface area contributed by atoms with Crippen LogP contribution < -0.4 is 15.4 Å². The van der Waals surface area contributed by atoms with Gasteiger partial charge in [-0.25, -0.2) is 0 Å². The third-order valence-corrected chi connectivity index (χ3v) is 3.38. The average Bonchev–Trinajstić information content (AvgIpc) is 2.56. The van der Waals surface area contributed by atoms with E-state index in [9.17, 15) is 9.59 Å². The van der Waals surface area contributed by atoms with Crippen molar-refractivity contribution in [3.63, 3.8) is 0 Å². The van der Waals surface area contributed by atoms with Crippen LogP contribution in [0.25, 0.3) is 10.8 Å². The number of amides is 2. The second-order valence-electron chi connectivity index (χ2n) is 5.56. The van der Waals surface area contributed by atoms with Gasteiger partial charge in [0, 0.05) is 24.4 Å². The minimum atomic E-state index is -0.211. The fourth-order valence-corrected chi connectivity index (χ4v) is 2.11. The van der Waals surface area contributed by atoms with Crippen LogP contribution in [0.5, 0.6) is 5.75 Å². The minimum Gasteiger partial charge on any atom is -0.483 e. The van der Waals surface area contributed by atoms with Crippen molar-refractivity contribution in [2.24, 2.45) is 5.92 Å². The number of hydrogen-bond acceptors (Lipinski definition) is 3. The van der Waals surface area contributed by atoms with E-state index in [0.29, 0.717) is 18.8 Å². The first-order valence-corrected chi connectivity index (χ1v) is 7.73. The largest absolute Gasteiger partial charge is 0.483 e. The molecule has 2 N–H and O–H groups in total. The van der Waals surface area contributed by atoms with Crippen LogP contribution in [0.15, 0.2) is 42.5 Å². The van der Waals surface area contributed by atoms with Crippen molar-refractivity contribution >= 4 is 22.6 Å². The fraction of sp³-hybridized carbons (Fsp3) is 0.333. The molecule has 0 aliphatic carbocycles. The van der Waals surface area contributed by atoms with Gasteiger partial charge >= 0.3 is 0 Å². The Hall–Kier alpha value is -2.56. The highest BCUT2D eigenvalue weighted by molar-refractivity contribution is 5.88. The molecule has 2 rings (SSSR count). The number of ether oxygens (including phenoxy) is 1. The zero-order chi connectivity index (χ0) is 16.7. The zero-order valence-electron chi connectivity index (χ0n) is 13.5. The van der Waals surface area contributed by atoms with Crippen molar-refractivity contribution in [2.75, 3.05) is 19.7 Å². The maximum Gasteiger partial charge on any atom is 0.258 e. The van der Waals surface area contributed by atoms with Crippen molar-refractivity contribution < 1.29 is 14.3 Å². The predicted octanol–water partition coefficient (Wildman–Crippen LogP) is 2.11. The number of carbonyl (C=O) groups excluding carboxylic acids is 2.